The van der Waals surface area contributed by atoms with Gasteiger partial charge < -0.3 is 20.2 Å². The van der Waals surface area contributed by atoms with Crippen LogP contribution in [0.5, 0.6) is 0 Å². The largest absolute Gasteiger partial charge is 0.466 e. The Morgan fingerprint density at radius 2 is 1.80 bits per heavy atom. The highest BCUT2D eigenvalue weighted by Gasteiger charge is 2.17. The Balaban J connectivity index is 1.82. The number of nitrogens with one attached hydrogen (secondary N) is 2. The summed E-state index contributed by atoms with van der Waals surface area (Å²) in [6, 6.07) is 7.22. The maximum absolute atomic E-state index is 11.9. The van der Waals surface area contributed by atoms with Gasteiger partial charge in [-0.25, -0.2) is 0 Å². The van der Waals surface area contributed by atoms with E-state index in [0.717, 1.165) is 16.9 Å². The van der Waals surface area contributed by atoms with E-state index in [1.54, 1.807) is 19.1 Å². The minimum atomic E-state index is -0.749. The van der Waals surface area contributed by atoms with E-state index in [1.165, 1.54) is 0 Å². The number of amides is 2. The van der Waals surface area contributed by atoms with Gasteiger partial charge in [-0.1, -0.05) is 6.07 Å². The first-order valence-corrected chi connectivity index (χ1v) is 8.19. The number of carbonyl (C=O) groups is 2. The summed E-state index contributed by atoms with van der Waals surface area (Å²) in [5, 5.41) is 15.2. The fourth-order valence-electron chi connectivity index (χ4n) is 2.55. The topological polar surface area (TPSA) is 91.6 Å². The molecule has 0 aliphatic rings. The van der Waals surface area contributed by atoms with Gasteiger partial charge >= 0.3 is 11.8 Å². The molecule has 0 saturated heterocycles. The monoisotopic (exact) mass is 344 g/mol. The van der Waals surface area contributed by atoms with Crippen LogP contribution in [0.3, 0.4) is 0 Å². The van der Waals surface area contributed by atoms with E-state index in [2.05, 4.69) is 10.6 Å². The van der Waals surface area contributed by atoms with Crippen molar-refractivity contribution in [2.45, 2.75) is 40.2 Å². The zero-order chi connectivity index (χ0) is 18.6. The number of aryl methyl sites for hydroxylation is 4. The molecule has 1 atom stereocenters. The first kappa shape index (κ1) is 18.7. The number of hydrogen-bond acceptors (Lipinski definition) is 4. The number of furan rings is 1. The summed E-state index contributed by atoms with van der Waals surface area (Å²) in [6.07, 6.45) is -0.455. The van der Waals surface area contributed by atoms with Crippen LogP contribution in [-0.4, -0.2) is 23.5 Å². The van der Waals surface area contributed by atoms with Gasteiger partial charge in [0.1, 0.15) is 11.5 Å². The van der Waals surface area contributed by atoms with Crippen LogP contribution in [-0.2, 0) is 9.59 Å². The molecule has 3 N–H and O–H groups in total. The van der Waals surface area contributed by atoms with E-state index in [4.69, 9.17) is 4.42 Å². The number of aliphatic hydroxyl groups is 1. The van der Waals surface area contributed by atoms with Crippen LogP contribution >= 0.6 is 0 Å². The average Bonchev–Trinajstić information content (AvgIpc) is 2.89. The molecule has 0 saturated carbocycles. The standard InChI is InChI=1S/C19H24N2O4/c1-11-5-6-15(9-12(11)2)21-19(24)18(23)20-8-7-17(22)16-10-13(3)25-14(16)4/h5-6,9-10,17,22H,7-8H2,1-4H3,(H,20,23)(H,21,24)/t17-/m0/s1. The van der Waals surface area contributed by atoms with Crippen molar-refractivity contribution in [1.29, 1.82) is 0 Å². The Bertz CT molecular complexity index is 780. The van der Waals surface area contributed by atoms with E-state index >= 15 is 0 Å². The lowest BCUT2D eigenvalue weighted by molar-refractivity contribution is -0.136. The third kappa shape index (κ3) is 4.93. The summed E-state index contributed by atoms with van der Waals surface area (Å²) in [6.45, 7) is 7.68. The molecule has 0 aliphatic heterocycles. The van der Waals surface area contributed by atoms with Crippen molar-refractivity contribution in [3.8, 4) is 0 Å². The molecule has 0 spiro atoms. The lowest BCUT2D eigenvalue weighted by atomic mass is 10.1. The Labute approximate surface area is 147 Å². The lowest BCUT2D eigenvalue weighted by Gasteiger charge is -2.11. The van der Waals surface area contributed by atoms with Crippen LogP contribution in [0.4, 0.5) is 5.69 Å². The number of hydrogen-bond donors (Lipinski definition) is 3. The van der Waals surface area contributed by atoms with Gasteiger partial charge in [-0.15, -0.1) is 0 Å². The number of benzene rings is 1. The third-order valence-corrected chi connectivity index (χ3v) is 4.11. The number of aliphatic hydroxyl groups excluding tert-OH is 1. The molecule has 0 unspecified atom stereocenters. The summed E-state index contributed by atoms with van der Waals surface area (Å²) in [5.74, 6) is -0.0780. The second-order valence-corrected chi connectivity index (χ2v) is 6.18. The quantitative estimate of drug-likeness (QED) is 0.727. The lowest BCUT2D eigenvalue weighted by Crippen LogP contribution is -2.36. The molecular formula is C19H24N2O4. The number of anilines is 1. The normalized spacial score (nSPS) is 11.9. The van der Waals surface area contributed by atoms with Crippen LogP contribution in [0.2, 0.25) is 0 Å². The smallest absolute Gasteiger partial charge is 0.313 e. The Kier molecular flexibility index (Phi) is 5.98. The van der Waals surface area contributed by atoms with Crippen molar-refractivity contribution in [2.75, 3.05) is 11.9 Å². The van der Waals surface area contributed by atoms with Gasteiger partial charge in [-0.2, -0.15) is 0 Å². The van der Waals surface area contributed by atoms with Crippen molar-refractivity contribution in [3.05, 3.63) is 52.5 Å². The molecular weight excluding hydrogens is 320 g/mol. The maximum Gasteiger partial charge on any atom is 0.313 e. The average molecular weight is 344 g/mol. The van der Waals surface area contributed by atoms with Crippen LogP contribution in [0, 0.1) is 27.7 Å². The fourth-order valence-corrected chi connectivity index (χ4v) is 2.55. The Morgan fingerprint density at radius 3 is 2.40 bits per heavy atom. The second kappa shape index (κ2) is 7.98. The Morgan fingerprint density at radius 1 is 1.08 bits per heavy atom. The highest BCUT2D eigenvalue weighted by atomic mass is 16.3. The molecule has 0 aliphatic carbocycles. The summed E-state index contributed by atoms with van der Waals surface area (Å²) in [5.41, 5.74) is 3.42. The maximum atomic E-state index is 11.9. The molecule has 2 amide bonds. The van der Waals surface area contributed by atoms with E-state index in [-0.39, 0.29) is 6.54 Å². The zero-order valence-corrected chi connectivity index (χ0v) is 15.0. The van der Waals surface area contributed by atoms with Crippen LogP contribution in [0.1, 0.15) is 40.7 Å². The third-order valence-electron chi connectivity index (χ3n) is 4.11. The van der Waals surface area contributed by atoms with Gasteiger partial charge in [-0.05, 0) is 63.4 Å². The van der Waals surface area contributed by atoms with Gasteiger partial charge in [0, 0.05) is 17.8 Å². The van der Waals surface area contributed by atoms with Gasteiger partial charge in [0.2, 0.25) is 0 Å². The predicted molar refractivity (Wildman–Crippen MR) is 95.3 cm³/mol. The first-order chi connectivity index (χ1) is 11.8. The molecule has 134 valence electrons. The van der Waals surface area contributed by atoms with Gasteiger partial charge in [0.15, 0.2) is 0 Å². The molecule has 1 aromatic carbocycles. The molecule has 0 fully saturated rings. The molecule has 0 radical (unpaired) electrons. The second-order valence-electron chi connectivity index (χ2n) is 6.18. The van der Waals surface area contributed by atoms with Crippen LogP contribution in [0.25, 0.3) is 0 Å². The summed E-state index contributed by atoms with van der Waals surface area (Å²) < 4.78 is 5.37. The highest BCUT2D eigenvalue weighted by molar-refractivity contribution is 6.39. The van der Waals surface area contributed by atoms with E-state index in [0.29, 0.717) is 23.4 Å². The molecule has 2 aromatic rings. The molecule has 6 nitrogen and oxygen atoms in total. The molecule has 0 bridgehead atoms. The van der Waals surface area contributed by atoms with Crippen molar-refractivity contribution < 1.29 is 19.1 Å². The van der Waals surface area contributed by atoms with Gasteiger partial charge in [0.25, 0.3) is 0 Å². The molecule has 25 heavy (non-hydrogen) atoms. The van der Waals surface area contributed by atoms with Gasteiger partial charge in [0.05, 0.1) is 6.10 Å². The zero-order valence-electron chi connectivity index (χ0n) is 15.0. The predicted octanol–water partition coefficient (Wildman–Crippen LogP) is 2.69. The number of rotatable bonds is 5. The SMILES string of the molecule is Cc1cc([C@@H](O)CCNC(=O)C(=O)Nc2ccc(C)c(C)c2)c(C)o1. The summed E-state index contributed by atoms with van der Waals surface area (Å²) in [7, 11) is 0. The molecule has 1 heterocycles. The highest BCUT2D eigenvalue weighted by Crippen LogP contribution is 2.23. The summed E-state index contributed by atoms with van der Waals surface area (Å²) >= 11 is 0. The first-order valence-electron chi connectivity index (χ1n) is 8.19. The van der Waals surface area contributed by atoms with Crippen LogP contribution in [0.15, 0.2) is 28.7 Å². The fraction of sp³-hybridized carbons (Fsp3) is 0.368. The number of carbonyl (C=O) groups excluding carboxylic acids is 2. The molecule has 1 aromatic heterocycles. The van der Waals surface area contributed by atoms with E-state index in [9.17, 15) is 14.7 Å². The van der Waals surface area contributed by atoms with Crippen LogP contribution < -0.4 is 10.6 Å². The van der Waals surface area contributed by atoms with Crippen molar-refractivity contribution >= 4 is 17.5 Å². The minimum absolute atomic E-state index is 0.185. The van der Waals surface area contributed by atoms with Crippen molar-refractivity contribution in [2.24, 2.45) is 0 Å². The van der Waals surface area contributed by atoms with E-state index < -0.39 is 17.9 Å². The van der Waals surface area contributed by atoms with Crippen molar-refractivity contribution in [1.82, 2.24) is 5.32 Å². The Hall–Kier alpha value is -2.60. The van der Waals surface area contributed by atoms with E-state index in [1.807, 2.05) is 32.9 Å². The summed E-state index contributed by atoms with van der Waals surface area (Å²) in [4.78, 5) is 23.8. The van der Waals surface area contributed by atoms with Gasteiger partial charge in [-0.3, -0.25) is 9.59 Å². The molecule has 2 rings (SSSR count). The van der Waals surface area contributed by atoms with Crippen molar-refractivity contribution in [3.63, 3.8) is 0 Å². The minimum Gasteiger partial charge on any atom is -0.466 e. The molecule has 6 heteroatoms.